The predicted octanol–water partition coefficient (Wildman–Crippen LogP) is 5.36. The summed E-state index contributed by atoms with van der Waals surface area (Å²) in [5.74, 6) is 0.0762. The van der Waals surface area contributed by atoms with Crippen LogP contribution in [0.4, 0.5) is 26.3 Å². The van der Waals surface area contributed by atoms with Crippen LogP contribution >= 0.6 is 11.6 Å². The number of ether oxygens (including phenoxy) is 2. The highest BCUT2D eigenvalue weighted by atomic mass is 35.5. The first-order valence-electron chi connectivity index (χ1n) is 7.60. The van der Waals surface area contributed by atoms with E-state index < -0.39 is 35.3 Å². The van der Waals surface area contributed by atoms with Gasteiger partial charge in [-0.3, -0.25) is 5.32 Å². The van der Waals surface area contributed by atoms with E-state index in [-0.39, 0.29) is 34.8 Å². The molecule has 2 aromatic rings. The van der Waals surface area contributed by atoms with E-state index in [1.165, 1.54) is 12.1 Å². The maximum absolute atomic E-state index is 13.5. The number of hydrogen-bond acceptors (Lipinski definition) is 3. The Morgan fingerprint density at radius 1 is 1.00 bits per heavy atom. The Morgan fingerprint density at radius 3 is 2.30 bits per heavy atom. The lowest BCUT2D eigenvalue weighted by Gasteiger charge is -2.28. The summed E-state index contributed by atoms with van der Waals surface area (Å²) in [4.78, 5) is 0. The number of rotatable bonds is 2. The minimum atomic E-state index is -5.02. The second kappa shape index (κ2) is 6.79. The summed E-state index contributed by atoms with van der Waals surface area (Å²) < 4.78 is 90.2. The first kappa shape index (κ1) is 19.6. The second-order valence-corrected chi connectivity index (χ2v) is 6.18. The van der Waals surface area contributed by atoms with E-state index in [1.807, 2.05) is 0 Å². The maximum Gasteiger partial charge on any atom is 0.417 e. The molecule has 0 saturated carbocycles. The second-order valence-electron chi connectivity index (χ2n) is 5.74. The van der Waals surface area contributed by atoms with Gasteiger partial charge in [0.05, 0.1) is 11.1 Å². The molecule has 1 aliphatic rings. The predicted molar refractivity (Wildman–Crippen MR) is 85.9 cm³/mol. The Morgan fingerprint density at radius 2 is 1.70 bits per heavy atom. The Labute approximate surface area is 154 Å². The molecule has 27 heavy (non-hydrogen) atoms. The number of benzene rings is 2. The molecule has 1 heterocycles. The molecule has 2 aromatic carbocycles. The van der Waals surface area contributed by atoms with Gasteiger partial charge in [-0.2, -0.15) is 26.3 Å². The number of likely N-dealkylation sites (N-methyl/N-ethyl adjacent to an activating group) is 1. The molecule has 0 amide bonds. The van der Waals surface area contributed by atoms with Gasteiger partial charge in [-0.15, -0.1) is 0 Å². The van der Waals surface area contributed by atoms with Crippen molar-refractivity contribution in [2.75, 3.05) is 13.7 Å². The highest BCUT2D eigenvalue weighted by molar-refractivity contribution is 6.31. The van der Waals surface area contributed by atoms with E-state index in [0.717, 1.165) is 6.07 Å². The summed E-state index contributed by atoms with van der Waals surface area (Å²) in [7, 11) is 1.56. The fourth-order valence-corrected chi connectivity index (χ4v) is 2.88. The van der Waals surface area contributed by atoms with Crippen LogP contribution in [0, 0.1) is 0 Å². The molecule has 0 aliphatic carbocycles. The van der Waals surface area contributed by atoms with Crippen LogP contribution in [-0.2, 0) is 12.4 Å². The minimum Gasteiger partial charge on any atom is -0.484 e. The molecule has 1 unspecified atom stereocenters. The van der Waals surface area contributed by atoms with Crippen LogP contribution in [0.15, 0.2) is 30.3 Å². The van der Waals surface area contributed by atoms with Gasteiger partial charge in [0, 0.05) is 16.7 Å². The zero-order valence-electron chi connectivity index (χ0n) is 13.6. The third kappa shape index (κ3) is 3.93. The number of alkyl halides is 6. The molecule has 0 spiro atoms. The van der Waals surface area contributed by atoms with Gasteiger partial charge < -0.3 is 9.47 Å². The van der Waals surface area contributed by atoms with Crippen LogP contribution in [0.3, 0.4) is 0 Å². The van der Waals surface area contributed by atoms with Gasteiger partial charge >= 0.3 is 12.4 Å². The number of hydrogen-bond donors (Lipinski definition) is 1. The van der Waals surface area contributed by atoms with Crippen LogP contribution in [0.25, 0.3) is 11.1 Å². The number of nitrogens with one attached hydrogen (secondary N) is 1. The molecule has 146 valence electrons. The SMILES string of the molecule is CNC1COc2cc(Cl)cc(-c3ccc(C(F)(F)F)cc3C(F)(F)F)c2O1. The van der Waals surface area contributed by atoms with E-state index in [1.54, 1.807) is 7.05 Å². The summed E-state index contributed by atoms with van der Waals surface area (Å²) in [6.07, 6.45) is -10.6. The van der Waals surface area contributed by atoms with Gasteiger partial charge in [-0.25, -0.2) is 0 Å². The largest absolute Gasteiger partial charge is 0.484 e. The van der Waals surface area contributed by atoms with Crippen molar-refractivity contribution in [2.45, 2.75) is 18.6 Å². The van der Waals surface area contributed by atoms with E-state index in [4.69, 9.17) is 21.1 Å². The zero-order chi connectivity index (χ0) is 20.0. The first-order chi connectivity index (χ1) is 12.5. The van der Waals surface area contributed by atoms with E-state index >= 15 is 0 Å². The quantitative estimate of drug-likeness (QED) is 0.675. The van der Waals surface area contributed by atoms with Crippen LogP contribution < -0.4 is 14.8 Å². The van der Waals surface area contributed by atoms with Gasteiger partial charge in [0.15, 0.2) is 17.7 Å². The lowest BCUT2D eigenvalue weighted by molar-refractivity contribution is -0.142. The molecule has 3 nitrogen and oxygen atoms in total. The number of halogens is 7. The number of fused-ring (bicyclic) bond motifs is 1. The Hall–Kier alpha value is -2.13. The van der Waals surface area contributed by atoms with Crippen molar-refractivity contribution in [2.24, 2.45) is 0 Å². The average molecular weight is 412 g/mol. The van der Waals surface area contributed by atoms with Crippen molar-refractivity contribution in [3.05, 3.63) is 46.5 Å². The normalized spacial score (nSPS) is 17.1. The molecular weight excluding hydrogens is 400 g/mol. The minimum absolute atomic E-state index is 0.0322. The summed E-state index contributed by atoms with van der Waals surface area (Å²) in [5, 5.41) is 2.82. The zero-order valence-corrected chi connectivity index (χ0v) is 14.4. The summed E-state index contributed by atoms with van der Waals surface area (Å²) in [5.41, 5.74) is -3.45. The fourth-order valence-electron chi connectivity index (χ4n) is 2.67. The highest BCUT2D eigenvalue weighted by Crippen LogP contribution is 2.48. The maximum atomic E-state index is 13.5. The first-order valence-corrected chi connectivity index (χ1v) is 7.97. The van der Waals surface area contributed by atoms with Crippen molar-refractivity contribution in [1.82, 2.24) is 5.32 Å². The van der Waals surface area contributed by atoms with Gasteiger partial charge in [-0.1, -0.05) is 17.7 Å². The van der Waals surface area contributed by atoms with E-state index in [2.05, 4.69) is 5.32 Å². The van der Waals surface area contributed by atoms with Gasteiger partial charge in [-0.05, 0) is 30.8 Å². The van der Waals surface area contributed by atoms with Crippen molar-refractivity contribution in [1.29, 1.82) is 0 Å². The van der Waals surface area contributed by atoms with Gasteiger partial charge in [0.2, 0.25) is 0 Å². The highest BCUT2D eigenvalue weighted by Gasteiger charge is 2.39. The molecule has 1 aliphatic heterocycles. The van der Waals surface area contributed by atoms with Crippen LogP contribution in [-0.4, -0.2) is 19.9 Å². The van der Waals surface area contributed by atoms with Crippen molar-refractivity contribution in [3.63, 3.8) is 0 Å². The third-order valence-electron chi connectivity index (χ3n) is 3.93. The summed E-state index contributed by atoms with van der Waals surface area (Å²) >= 11 is 5.96. The van der Waals surface area contributed by atoms with E-state index in [0.29, 0.717) is 6.07 Å². The van der Waals surface area contributed by atoms with Gasteiger partial charge in [0.25, 0.3) is 0 Å². The van der Waals surface area contributed by atoms with Gasteiger partial charge in [0.1, 0.15) is 6.61 Å². The topological polar surface area (TPSA) is 30.5 Å². The molecular formula is C17H12ClF6NO2. The monoisotopic (exact) mass is 411 g/mol. The summed E-state index contributed by atoms with van der Waals surface area (Å²) in [6, 6.07) is 3.96. The molecule has 10 heteroatoms. The molecule has 1 atom stereocenters. The Bertz CT molecular complexity index is 866. The fraction of sp³-hybridized carbons (Fsp3) is 0.294. The molecule has 0 bridgehead atoms. The van der Waals surface area contributed by atoms with Crippen LogP contribution in [0.2, 0.25) is 5.02 Å². The molecule has 1 N–H and O–H groups in total. The molecule has 3 rings (SSSR count). The van der Waals surface area contributed by atoms with Crippen molar-refractivity contribution < 1.29 is 35.8 Å². The standard InChI is InChI=1S/C17H12ClF6NO2/c1-25-14-7-26-13-6-9(18)5-11(15(13)27-14)10-3-2-8(16(19,20)21)4-12(10)17(22,23)24/h2-6,14,25H,7H2,1H3. The van der Waals surface area contributed by atoms with E-state index in [9.17, 15) is 26.3 Å². The average Bonchev–Trinajstić information content (AvgIpc) is 2.58. The smallest absolute Gasteiger partial charge is 0.417 e. The van der Waals surface area contributed by atoms with Crippen molar-refractivity contribution in [3.8, 4) is 22.6 Å². The Kier molecular flexibility index (Phi) is 4.94. The summed E-state index contributed by atoms with van der Waals surface area (Å²) in [6.45, 7) is 0.0857. The van der Waals surface area contributed by atoms with Crippen LogP contribution in [0.1, 0.15) is 11.1 Å². The third-order valence-corrected chi connectivity index (χ3v) is 4.15. The lowest BCUT2D eigenvalue weighted by atomic mass is 9.95. The molecule has 0 radical (unpaired) electrons. The molecule has 0 saturated heterocycles. The Balaban J connectivity index is 2.24. The molecule has 0 fully saturated rings. The molecule has 0 aromatic heterocycles. The van der Waals surface area contributed by atoms with Crippen LogP contribution in [0.5, 0.6) is 11.5 Å². The lowest BCUT2D eigenvalue weighted by Crippen LogP contribution is -2.39. The van der Waals surface area contributed by atoms with Crippen molar-refractivity contribution >= 4 is 11.6 Å².